The fourth-order valence-electron chi connectivity index (χ4n) is 5.27. The van der Waals surface area contributed by atoms with Crippen molar-refractivity contribution in [2.24, 2.45) is 0 Å². The van der Waals surface area contributed by atoms with E-state index in [1.54, 1.807) is 84.9 Å². The van der Waals surface area contributed by atoms with Crippen LogP contribution in [-0.2, 0) is 36.9 Å². The van der Waals surface area contributed by atoms with Gasteiger partial charge in [0.2, 0.25) is 5.91 Å². The highest BCUT2D eigenvalue weighted by molar-refractivity contribution is 6.17. The van der Waals surface area contributed by atoms with Gasteiger partial charge in [-0.1, -0.05) is 72.8 Å². The lowest BCUT2D eigenvalue weighted by Gasteiger charge is -2.46. The fourth-order valence-corrected chi connectivity index (χ4v) is 5.27. The summed E-state index contributed by atoms with van der Waals surface area (Å²) in [6.45, 7) is 2.73. The van der Waals surface area contributed by atoms with Gasteiger partial charge in [0, 0.05) is 26.4 Å². The lowest BCUT2D eigenvalue weighted by Crippen LogP contribution is -2.69. The van der Waals surface area contributed by atoms with E-state index < -0.39 is 53.3 Å². The second-order valence-electron chi connectivity index (χ2n) is 11.1. The Morgan fingerprint density at radius 2 is 1.50 bits per heavy atom. The van der Waals surface area contributed by atoms with Crippen molar-refractivity contribution in [3.63, 3.8) is 0 Å². The molecule has 1 heterocycles. The van der Waals surface area contributed by atoms with E-state index in [-0.39, 0.29) is 19.4 Å². The largest absolute Gasteiger partial charge is 0.481 e. The quantitative estimate of drug-likeness (QED) is 0.268. The minimum atomic E-state index is -2.08. The monoisotopic (exact) mass is 601 g/mol. The molecular weight excluding hydrogens is 566 g/mol. The first-order chi connectivity index (χ1) is 20.9. The van der Waals surface area contributed by atoms with Crippen molar-refractivity contribution in [2.75, 3.05) is 11.9 Å². The number of carbonyl (C=O) groups excluding carboxylic acids is 3. The smallest absolute Gasteiger partial charge is 0.326 e. The lowest BCUT2D eigenvalue weighted by atomic mass is 9.86. The Morgan fingerprint density at radius 1 is 0.932 bits per heavy atom. The van der Waals surface area contributed by atoms with Gasteiger partial charge >= 0.3 is 11.9 Å². The molecule has 1 aliphatic heterocycles. The van der Waals surface area contributed by atoms with E-state index in [9.17, 15) is 29.1 Å². The Labute approximate surface area is 255 Å². The molecule has 0 aliphatic carbocycles. The van der Waals surface area contributed by atoms with Crippen molar-refractivity contribution in [2.45, 2.75) is 56.8 Å². The van der Waals surface area contributed by atoms with E-state index in [2.05, 4.69) is 5.32 Å². The number of ether oxygens (including phenoxy) is 1. The minimum Gasteiger partial charge on any atom is -0.481 e. The van der Waals surface area contributed by atoms with Crippen LogP contribution in [-0.4, -0.2) is 69.0 Å². The van der Waals surface area contributed by atoms with Gasteiger partial charge in [0.1, 0.15) is 17.3 Å². The highest BCUT2D eigenvalue weighted by Crippen LogP contribution is 2.39. The number of amides is 3. The van der Waals surface area contributed by atoms with E-state index in [1.807, 2.05) is 0 Å². The zero-order valence-electron chi connectivity index (χ0n) is 24.7. The topological polar surface area (TPSA) is 154 Å². The summed E-state index contributed by atoms with van der Waals surface area (Å²) in [5.74, 6) is -4.62. The van der Waals surface area contributed by atoms with E-state index >= 15 is 0 Å². The van der Waals surface area contributed by atoms with E-state index in [0.29, 0.717) is 22.6 Å². The van der Waals surface area contributed by atoms with Crippen LogP contribution in [0.1, 0.15) is 37.8 Å². The third-order valence-corrected chi connectivity index (χ3v) is 7.82. The second-order valence-corrected chi connectivity index (χ2v) is 11.1. The molecule has 3 amide bonds. The molecule has 3 atom stereocenters. The first-order valence-corrected chi connectivity index (χ1v) is 14.1. The molecule has 3 aromatic carbocycles. The Morgan fingerprint density at radius 3 is 2.09 bits per heavy atom. The molecule has 0 fully saturated rings. The van der Waals surface area contributed by atoms with Crippen molar-refractivity contribution in [1.82, 2.24) is 10.2 Å². The Bertz CT molecular complexity index is 1550. The summed E-state index contributed by atoms with van der Waals surface area (Å²) in [5.41, 5.74) is -2.06. The third-order valence-electron chi connectivity index (χ3n) is 7.82. The number of rotatable bonds is 12. The molecule has 0 bridgehead atoms. The maximum absolute atomic E-state index is 14.7. The summed E-state index contributed by atoms with van der Waals surface area (Å²) in [6, 6.07) is 23.0. The van der Waals surface area contributed by atoms with Gasteiger partial charge in [-0.2, -0.15) is 0 Å². The molecule has 1 unspecified atom stereocenters. The average Bonchev–Trinajstić information content (AvgIpc) is 3.01. The summed E-state index contributed by atoms with van der Waals surface area (Å²) < 4.78 is 6.12. The SMILES string of the molecule is CN1C(=O)C(C)(C(=O)N(Cc2ccccc2)[C@](C)(Cc2ccccc2)C(=O)N[C@H](CCC(=O)O)C(=O)O)Oc2ccccc21. The fraction of sp³-hybridized carbons (Fsp3) is 0.303. The summed E-state index contributed by atoms with van der Waals surface area (Å²) in [7, 11) is 1.53. The second kappa shape index (κ2) is 13.0. The number of hydrogen-bond donors (Lipinski definition) is 3. The number of likely N-dealkylation sites (N-methyl/N-ethyl adjacent to an activating group) is 1. The predicted molar refractivity (Wildman–Crippen MR) is 161 cm³/mol. The van der Waals surface area contributed by atoms with Crippen molar-refractivity contribution in [3.05, 3.63) is 96.1 Å². The summed E-state index contributed by atoms with van der Waals surface area (Å²) in [6.07, 6.45) is -0.920. The molecule has 11 heteroatoms. The maximum atomic E-state index is 14.7. The molecule has 0 radical (unpaired) electrons. The number of carbonyl (C=O) groups is 5. The number of nitrogens with one attached hydrogen (secondary N) is 1. The van der Waals surface area contributed by atoms with E-state index in [1.165, 1.54) is 30.7 Å². The average molecular weight is 602 g/mol. The first kappa shape index (κ1) is 31.7. The number of nitrogens with zero attached hydrogens (tertiary/aromatic N) is 2. The van der Waals surface area contributed by atoms with Gasteiger partial charge < -0.3 is 30.1 Å². The van der Waals surface area contributed by atoms with Crippen LogP contribution in [0.15, 0.2) is 84.9 Å². The number of aliphatic carboxylic acids is 2. The molecular formula is C33H35N3O8. The molecule has 0 spiro atoms. The van der Waals surface area contributed by atoms with Gasteiger partial charge in [-0.05, 0) is 43.5 Å². The van der Waals surface area contributed by atoms with E-state index in [4.69, 9.17) is 9.84 Å². The molecule has 3 aromatic rings. The number of fused-ring (bicyclic) bond motifs is 1. The minimum absolute atomic E-state index is 0.0553. The Balaban J connectivity index is 1.84. The molecule has 44 heavy (non-hydrogen) atoms. The number of benzene rings is 3. The maximum Gasteiger partial charge on any atom is 0.326 e. The summed E-state index contributed by atoms with van der Waals surface area (Å²) >= 11 is 0. The van der Waals surface area contributed by atoms with Crippen LogP contribution in [0, 0.1) is 0 Å². The molecule has 11 nitrogen and oxygen atoms in total. The zero-order chi connectivity index (χ0) is 32.1. The highest BCUT2D eigenvalue weighted by Gasteiger charge is 2.56. The normalized spacial score (nSPS) is 17.8. The lowest BCUT2D eigenvalue weighted by molar-refractivity contribution is -0.165. The number of hydrogen-bond acceptors (Lipinski definition) is 6. The number of para-hydroxylation sites is 2. The predicted octanol–water partition coefficient (Wildman–Crippen LogP) is 3.26. The third kappa shape index (κ3) is 6.56. The molecule has 0 saturated heterocycles. The standard InChI is InChI=1S/C33H35N3O8/c1-32(20-22-12-6-4-7-13-22,29(41)34-24(28(39)40)18-19-27(37)38)36(21-23-14-8-5-9-15-23)31(43)33(2)30(42)35(3)25-16-10-11-17-26(25)44-33/h4-17,24H,18-21H2,1-3H3,(H,34,41)(H,37,38)(H,39,40)/t24-,32-,33?/m1/s1. The molecule has 230 valence electrons. The van der Waals surface area contributed by atoms with Crippen LogP contribution in [0.25, 0.3) is 0 Å². The first-order valence-electron chi connectivity index (χ1n) is 14.1. The van der Waals surface area contributed by atoms with Gasteiger partial charge in [0.05, 0.1) is 5.69 Å². The Hall–Kier alpha value is -5.19. The van der Waals surface area contributed by atoms with Crippen molar-refractivity contribution < 1.29 is 38.9 Å². The summed E-state index contributed by atoms with van der Waals surface area (Å²) in [5, 5.41) is 21.4. The van der Waals surface area contributed by atoms with Crippen LogP contribution in [0.3, 0.4) is 0 Å². The van der Waals surface area contributed by atoms with E-state index in [0.717, 1.165) is 0 Å². The Kier molecular flexibility index (Phi) is 9.37. The molecule has 1 aliphatic rings. The number of carboxylic acid groups (broad SMARTS) is 2. The van der Waals surface area contributed by atoms with Crippen LogP contribution in [0.2, 0.25) is 0 Å². The van der Waals surface area contributed by atoms with Crippen molar-refractivity contribution in [3.8, 4) is 5.75 Å². The van der Waals surface area contributed by atoms with Crippen LogP contribution in [0.5, 0.6) is 5.75 Å². The van der Waals surface area contributed by atoms with Gasteiger partial charge in [-0.25, -0.2) is 4.79 Å². The van der Waals surface area contributed by atoms with Crippen molar-refractivity contribution in [1.29, 1.82) is 0 Å². The van der Waals surface area contributed by atoms with Crippen LogP contribution >= 0.6 is 0 Å². The highest BCUT2D eigenvalue weighted by atomic mass is 16.5. The molecule has 4 rings (SSSR count). The molecule has 3 N–H and O–H groups in total. The molecule has 0 aromatic heterocycles. The van der Waals surface area contributed by atoms with Crippen molar-refractivity contribution >= 4 is 35.3 Å². The zero-order valence-corrected chi connectivity index (χ0v) is 24.7. The van der Waals surface area contributed by atoms with Crippen LogP contribution in [0.4, 0.5) is 5.69 Å². The van der Waals surface area contributed by atoms with Gasteiger partial charge in [-0.15, -0.1) is 0 Å². The van der Waals surface area contributed by atoms with Gasteiger partial charge in [0.25, 0.3) is 17.4 Å². The number of anilines is 1. The van der Waals surface area contributed by atoms with Gasteiger partial charge in [-0.3, -0.25) is 19.2 Å². The van der Waals surface area contributed by atoms with Gasteiger partial charge in [0.15, 0.2) is 0 Å². The molecule has 0 saturated carbocycles. The number of carboxylic acids is 2. The van der Waals surface area contributed by atoms with Crippen LogP contribution < -0.4 is 15.0 Å². The summed E-state index contributed by atoms with van der Waals surface area (Å²) in [4.78, 5) is 68.6.